The van der Waals surface area contributed by atoms with Crippen LogP contribution in [0.15, 0.2) is 42.5 Å². The number of nitrogens with zero attached hydrogens (tertiary/aromatic N) is 1. The van der Waals surface area contributed by atoms with Gasteiger partial charge in [-0.05, 0) is 35.9 Å². The van der Waals surface area contributed by atoms with Gasteiger partial charge >= 0.3 is 0 Å². The van der Waals surface area contributed by atoms with Gasteiger partial charge in [0, 0.05) is 25.7 Å². The quantitative estimate of drug-likeness (QED) is 0.824. The largest absolute Gasteiger partial charge is 0.354 e. The molecular weight excluding hydrogens is 366 g/mol. The molecule has 1 N–H and O–H groups in total. The van der Waals surface area contributed by atoms with Crippen LogP contribution in [0.4, 0.5) is 10.1 Å². The molecule has 0 unspecified atom stereocenters. The summed E-state index contributed by atoms with van der Waals surface area (Å²) < 4.78 is 13.1. The minimum Gasteiger partial charge on any atom is -0.354 e. The minimum absolute atomic E-state index is 0.0740. The fraction of sp³-hybridized carbons (Fsp3) is 0.222. The summed E-state index contributed by atoms with van der Waals surface area (Å²) in [4.78, 5) is 25.3. The highest BCUT2D eigenvalue weighted by Gasteiger charge is 2.13. The second-order valence-electron chi connectivity index (χ2n) is 5.43. The van der Waals surface area contributed by atoms with Crippen LogP contribution in [-0.2, 0) is 16.0 Å². The second kappa shape index (κ2) is 8.83. The summed E-state index contributed by atoms with van der Waals surface area (Å²) >= 11 is 11.9. The van der Waals surface area contributed by atoms with Crippen LogP contribution in [0.25, 0.3) is 0 Å². The zero-order chi connectivity index (χ0) is 18.4. The summed E-state index contributed by atoms with van der Waals surface area (Å²) in [6, 6.07) is 10.8. The fourth-order valence-corrected chi connectivity index (χ4v) is 2.62. The smallest absolute Gasteiger partial charge is 0.224 e. The van der Waals surface area contributed by atoms with E-state index in [0.29, 0.717) is 21.3 Å². The lowest BCUT2D eigenvalue weighted by Gasteiger charge is -2.22. The van der Waals surface area contributed by atoms with Gasteiger partial charge in [0.1, 0.15) is 5.82 Å². The van der Waals surface area contributed by atoms with Gasteiger partial charge in [0.05, 0.1) is 16.5 Å². The number of carbonyl (C=O) groups is 2. The Morgan fingerprint density at radius 2 is 1.88 bits per heavy atom. The van der Waals surface area contributed by atoms with Gasteiger partial charge in [-0.1, -0.05) is 35.3 Å². The maximum Gasteiger partial charge on any atom is 0.224 e. The lowest BCUT2D eigenvalue weighted by Crippen LogP contribution is -2.38. The van der Waals surface area contributed by atoms with Crippen LogP contribution < -0.4 is 10.2 Å². The number of carbonyl (C=O) groups excluding carboxylic acids is 2. The molecular formula is C18H17Cl2FN2O2. The third-order valence-electron chi connectivity index (χ3n) is 3.51. The number of hydrogen-bond donors (Lipinski definition) is 1. The Bertz CT molecular complexity index is 783. The predicted octanol–water partition coefficient (Wildman–Crippen LogP) is 3.84. The molecule has 2 aromatic carbocycles. The summed E-state index contributed by atoms with van der Waals surface area (Å²) in [6.07, 6.45) is 0.0740. The Morgan fingerprint density at radius 1 is 1.12 bits per heavy atom. The Kier molecular flexibility index (Phi) is 6.79. The van der Waals surface area contributed by atoms with Crippen molar-refractivity contribution < 1.29 is 14.0 Å². The first-order chi connectivity index (χ1) is 11.9. The van der Waals surface area contributed by atoms with Crippen molar-refractivity contribution in [3.05, 3.63) is 63.9 Å². The number of benzene rings is 2. The van der Waals surface area contributed by atoms with Crippen molar-refractivity contribution >= 4 is 40.7 Å². The van der Waals surface area contributed by atoms with Gasteiger partial charge in [-0.15, -0.1) is 0 Å². The van der Waals surface area contributed by atoms with E-state index in [2.05, 4.69) is 5.32 Å². The SMILES string of the molecule is CC(=O)N(CCNC(=O)Cc1cccc(F)c1)c1ccc(Cl)c(Cl)c1. The standard InChI is InChI=1S/C18H17Cl2FN2O2/c1-12(24)23(15-5-6-16(19)17(20)11-15)8-7-22-18(25)10-13-3-2-4-14(21)9-13/h2-6,9,11H,7-8,10H2,1H3,(H,22,25). The van der Waals surface area contributed by atoms with Crippen LogP contribution >= 0.6 is 23.2 Å². The summed E-state index contributed by atoms with van der Waals surface area (Å²) in [5.74, 6) is -0.811. The van der Waals surface area contributed by atoms with Crippen molar-refractivity contribution in [2.75, 3.05) is 18.0 Å². The molecule has 0 aromatic heterocycles. The number of amides is 2. The van der Waals surface area contributed by atoms with Crippen molar-refractivity contribution in [1.82, 2.24) is 5.32 Å². The molecule has 7 heteroatoms. The number of rotatable bonds is 6. The zero-order valence-electron chi connectivity index (χ0n) is 13.6. The van der Waals surface area contributed by atoms with Crippen molar-refractivity contribution in [3.63, 3.8) is 0 Å². The van der Waals surface area contributed by atoms with E-state index < -0.39 is 0 Å². The summed E-state index contributed by atoms with van der Waals surface area (Å²) in [6.45, 7) is 1.97. The molecule has 0 radical (unpaired) electrons. The van der Waals surface area contributed by atoms with Gasteiger partial charge in [0.15, 0.2) is 0 Å². The number of hydrogen-bond acceptors (Lipinski definition) is 2. The van der Waals surface area contributed by atoms with E-state index in [1.54, 1.807) is 30.3 Å². The molecule has 0 aliphatic rings. The molecule has 25 heavy (non-hydrogen) atoms. The monoisotopic (exact) mass is 382 g/mol. The molecule has 0 saturated heterocycles. The molecule has 0 bridgehead atoms. The maximum atomic E-state index is 13.1. The first-order valence-electron chi connectivity index (χ1n) is 7.61. The average molecular weight is 383 g/mol. The third kappa shape index (κ3) is 5.73. The van der Waals surface area contributed by atoms with Gasteiger partial charge in [0.2, 0.25) is 11.8 Å². The Labute approximate surface area is 155 Å². The normalized spacial score (nSPS) is 10.4. The lowest BCUT2D eigenvalue weighted by atomic mass is 10.1. The van der Waals surface area contributed by atoms with Crippen LogP contribution in [0.2, 0.25) is 10.0 Å². The van der Waals surface area contributed by atoms with E-state index >= 15 is 0 Å². The fourth-order valence-electron chi connectivity index (χ4n) is 2.32. The maximum absolute atomic E-state index is 13.1. The molecule has 0 saturated carbocycles. The summed E-state index contributed by atoms with van der Waals surface area (Å²) in [7, 11) is 0. The second-order valence-corrected chi connectivity index (χ2v) is 6.24. The number of anilines is 1. The van der Waals surface area contributed by atoms with Gasteiger partial charge < -0.3 is 10.2 Å². The summed E-state index contributed by atoms with van der Waals surface area (Å²) in [5.41, 5.74) is 1.19. The van der Waals surface area contributed by atoms with Crippen molar-refractivity contribution in [1.29, 1.82) is 0 Å². The van der Waals surface area contributed by atoms with E-state index in [4.69, 9.17) is 23.2 Å². The van der Waals surface area contributed by atoms with Gasteiger partial charge in [-0.3, -0.25) is 9.59 Å². The van der Waals surface area contributed by atoms with Crippen LogP contribution in [0, 0.1) is 5.82 Å². The molecule has 2 amide bonds. The van der Waals surface area contributed by atoms with Crippen LogP contribution in [0.3, 0.4) is 0 Å². The molecule has 0 atom stereocenters. The lowest BCUT2D eigenvalue weighted by molar-refractivity contribution is -0.121. The van der Waals surface area contributed by atoms with Crippen molar-refractivity contribution in [2.45, 2.75) is 13.3 Å². The molecule has 0 aliphatic carbocycles. The van der Waals surface area contributed by atoms with E-state index in [1.165, 1.54) is 24.0 Å². The van der Waals surface area contributed by atoms with Crippen molar-refractivity contribution in [2.24, 2.45) is 0 Å². The van der Waals surface area contributed by atoms with Crippen molar-refractivity contribution in [3.8, 4) is 0 Å². The van der Waals surface area contributed by atoms with Gasteiger partial charge in [0.25, 0.3) is 0 Å². The minimum atomic E-state index is -0.382. The highest BCUT2D eigenvalue weighted by molar-refractivity contribution is 6.42. The Balaban J connectivity index is 1.92. The molecule has 132 valence electrons. The van der Waals surface area contributed by atoms with Crippen LogP contribution in [0.1, 0.15) is 12.5 Å². The number of nitrogens with one attached hydrogen (secondary N) is 1. The molecule has 0 spiro atoms. The molecule has 2 aromatic rings. The van der Waals surface area contributed by atoms with E-state index in [-0.39, 0.29) is 37.1 Å². The molecule has 0 fully saturated rings. The van der Waals surface area contributed by atoms with Crippen LogP contribution in [0.5, 0.6) is 0 Å². The molecule has 0 aliphatic heterocycles. The topological polar surface area (TPSA) is 49.4 Å². The van der Waals surface area contributed by atoms with Gasteiger partial charge in [-0.2, -0.15) is 0 Å². The third-order valence-corrected chi connectivity index (χ3v) is 4.25. The molecule has 4 nitrogen and oxygen atoms in total. The summed E-state index contributed by atoms with van der Waals surface area (Å²) in [5, 5.41) is 3.47. The highest BCUT2D eigenvalue weighted by Crippen LogP contribution is 2.27. The van der Waals surface area contributed by atoms with Crippen LogP contribution in [-0.4, -0.2) is 24.9 Å². The van der Waals surface area contributed by atoms with E-state index in [9.17, 15) is 14.0 Å². The first-order valence-corrected chi connectivity index (χ1v) is 8.36. The molecule has 2 rings (SSSR count). The zero-order valence-corrected chi connectivity index (χ0v) is 15.1. The first kappa shape index (κ1) is 19.2. The Hall–Kier alpha value is -2.11. The predicted molar refractivity (Wildman–Crippen MR) is 97.6 cm³/mol. The van der Waals surface area contributed by atoms with E-state index in [1.807, 2.05) is 0 Å². The molecule has 0 heterocycles. The van der Waals surface area contributed by atoms with E-state index in [0.717, 1.165) is 0 Å². The number of halogens is 3. The van der Waals surface area contributed by atoms with Gasteiger partial charge in [-0.25, -0.2) is 4.39 Å². The average Bonchev–Trinajstić information content (AvgIpc) is 2.54. The highest BCUT2D eigenvalue weighted by atomic mass is 35.5. The Morgan fingerprint density at radius 3 is 2.52 bits per heavy atom.